The lowest BCUT2D eigenvalue weighted by molar-refractivity contribution is -0.645. The number of aromatic nitrogens is 1. The fourth-order valence-electron chi connectivity index (χ4n) is 1.97. The molecule has 1 aliphatic heterocycles. The van der Waals surface area contributed by atoms with Gasteiger partial charge in [-0.3, -0.25) is 4.79 Å². The third-order valence-corrected chi connectivity index (χ3v) is 4.08. The molecule has 2 aromatic rings. The summed E-state index contributed by atoms with van der Waals surface area (Å²) in [6, 6.07) is 10.6. The van der Waals surface area contributed by atoms with Crippen LogP contribution in [0.2, 0.25) is 0 Å². The molecule has 1 aromatic heterocycles. The zero-order valence-corrected chi connectivity index (χ0v) is 12.5. The van der Waals surface area contributed by atoms with E-state index in [-0.39, 0.29) is 18.5 Å². The van der Waals surface area contributed by atoms with Gasteiger partial charge in [0, 0.05) is 18.7 Å². The molecule has 0 unspecified atom stereocenters. The van der Waals surface area contributed by atoms with Gasteiger partial charge in [-0.15, -0.1) is 0 Å². The van der Waals surface area contributed by atoms with E-state index < -0.39 is 0 Å². The Labute approximate surface area is 131 Å². The van der Waals surface area contributed by atoms with E-state index in [0.29, 0.717) is 17.3 Å². The molecular formula is C15H14N2O4S. The molecule has 1 aliphatic rings. The Kier molecular flexibility index (Phi) is 4.34. The van der Waals surface area contributed by atoms with Gasteiger partial charge in [-0.25, -0.2) is 0 Å². The molecule has 0 atom stereocenters. The normalized spacial score (nSPS) is 12.2. The third-order valence-electron chi connectivity index (χ3n) is 3.07. The van der Waals surface area contributed by atoms with Crippen molar-refractivity contribution in [3.8, 4) is 11.5 Å². The number of rotatable bonds is 5. The molecule has 1 aromatic carbocycles. The Bertz CT molecular complexity index is 693. The Morgan fingerprint density at radius 3 is 3.00 bits per heavy atom. The predicted molar refractivity (Wildman–Crippen MR) is 80.5 cm³/mol. The van der Waals surface area contributed by atoms with Crippen molar-refractivity contribution in [2.45, 2.75) is 11.6 Å². The number of amides is 1. The zero-order valence-electron chi connectivity index (χ0n) is 11.7. The number of hydrogen-bond acceptors (Lipinski definition) is 5. The van der Waals surface area contributed by atoms with Crippen LogP contribution in [0, 0.1) is 5.21 Å². The van der Waals surface area contributed by atoms with Gasteiger partial charge in [0.2, 0.25) is 12.7 Å². The first-order valence-electron chi connectivity index (χ1n) is 6.68. The summed E-state index contributed by atoms with van der Waals surface area (Å²) in [5.41, 5.74) is 0.932. The number of fused-ring (bicyclic) bond motifs is 1. The van der Waals surface area contributed by atoms with Gasteiger partial charge >= 0.3 is 0 Å². The SMILES string of the molecule is O=C(CSc1cccc[n+]1[O-])NCc1ccc2c(c1)OCO2. The average molecular weight is 318 g/mol. The molecule has 0 spiro atoms. The van der Waals surface area contributed by atoms with E-state index in [9.17, 15) is 10.0 Å². The highest BCUT2D eigenvalue weighted by Crippen LogP contribution is 2.32. The summed E-state index contributed by atoms with van der Waals surface area (Å²) in [6.07, 6.45) is 1.41. The zero-order chi connectivity index (χ0) is 15.4. The minimum absolute atomic E-state index is 0.133. The molecule has 114 valence electrons. The molecule has 2 heterocycles. The van der Waals surface area contributed by atoms with Crippen LogP contribution in [0.4, 0.5) is 0 Å². The van der Waals surface area contributed by atoms with Gasteiger partial charge in [0.15, 0.2) is 17.7 Å². The van der Waals surface area contributed by atoms with Gasteiger partial charge in [-0.1, -0.05) is 6.07 Å². The van der Waals surface area contributed by atoms with Crippen molar-refractivity contribution in [1.82, 2.24) is 5.32 Å². The summed E-state index contributed by atoms with van der Waals surface area (Å²) in [6.45, 7) is 0.635. The molecule has 0 saturated carbocycles. The molecule has 1 amide bonds. The first kappa shape index (κ1) is 14.5. The molecule has 0 fully saturated rings. The van der Waals surface area contributed by atoms with Gasteiger partial charge in [-0.2, -0.15) is 4.73 Å². The molecule has 0 bridgehead atoms. The van der Waals surface area contributed by atoms with Gasteiger partial charge in [0.1, 0.15) is 0 Å². The Balaban J connectivity index is 1.49. The lowest BCUT2D eigenvalue weighted by Crippen LogP contribution is -2.29. The maximum absolute atomic E-state index is 11.8. The number of thioether (sulfide) groups is 1. The fourth-order valence-corrected chi connectivity index (χ4v) is 2.71. The summed E-state index contributed by atoms with van der Waals surface area (Å²) in [7, 11) is 0. The van der Waals surface area contributed by atoms with Crippen LogP contribution in [-0.2, 0) is 11.3 Å². The maximum Gasteiger partial charge on any atom is 0.251 e. The number of carbonyl (C=O) groups excluding carboxylic acids is 1. The second kappa shape index (κ2) is 6.57. The molecule has 22 heavy (non-hydrogen) atoms. The first-order valence-corrected chi connectivity index (χ1v) is 7.67. The largest absolute Gasteiger partial charge is 0.618 e. The van der Waals surface area contributed by atoms with Gasteiger partial charge in [-0.05, 0) is 35.5 Å². The smallest absolute Gasteiger partial charge is 0.251 e. The first-order chi connectivity index (χ1) is 10.7. The van der Waals surface area contributed by atoms with E-state index in [1.807, 2.05) is 18.2 Å². The van der Waals surface area contributed by atoms with Crippen molar-refractivity contribution in [3.05, 3.63) is 53.4 Å². The number of pyridine rings is 1. The Hall–Kier alpha value is -2.41. The summed E-state index contributed by atoms with van der Waals surface area (Å²) in [5, 5.41) is 14.8. The van der Waals surface area contributed by atoms with Crippen molar-refractivity contribution in [3.63, 3.8) is 0 Å². The number of ether oxygens (including phenoxy) is 2. The number of nitrogens with one attached hydrogen (secondary N) is 1. The third kappa shape index (κ3) is 3.43. The molecule has 0 aliphatic carbocycles. The van der Waals surface area contributed by atoms with Crippen LogP contribution in [0.25, 0.3) is 0 Å². The van der Waals surface area contributed by atoms with Crippen LogP contribution in [0.5, 0.6) is 11.5 Å². The molecule has 0 radical (unpaired) electrons. The summed E-state index contributed by atoms with van der Waals surface area (Å²) in [4.78, 5) is 11.8. The lowest BCUT2D eigenvalue weighted by atomic mass is 10.2. The summed E-state index contributed by atoms with van der Waals surface area (Å²) in [5.74, 6) is 1.47. The van der Waals surface area contributed by atoms with Crippen LogP contribution < -0.4 is 19.5 Å². The molecule has 6 nitrogen and oxygen atoms in total. The highest BCUT2D eigenvalue weighted by atomic mass is 32.2. The number of nitrogens with zero attached hydrogens (tertiary/aromatic N) is 1. The van der Waals surface area contributed by atoms with Crippen molar-refractivity contribution in [2.75, 3.05) is 12.5 Å². The monoisotopic (exact) mass is 318 g/mol. The number of carbonyl (C=O) groups is 1. The average Bonchev–Trinajstić information content (AvgIpc) is 2.99. The minimum Gasteiger partial charge on any atom is -0.618 e. The maximum atomic E-state index is 11.8. The number of hydrogen-bond donors (Lipinski definition) is 1. The molecule has 7 heteroatoms. The van der Waals surface area contributed by atoms with E-state index in [0.717, 1.165) is 16.0 Å². The van der Waals surface area contributed by atoms with Gasteiger partial charge in [0.05, 0.1) is 5.75 Å². The predicted octanol–water partition coefficient (Wildman–Crippen LogP) is 1.46. The van der Waals surface area contributed by atoms with Crippen LogP contribution in [0.3, 0.4) is 0 Å². The van der Waals surface area contributed by atoms with E-state index in [2.05, 4.69) is 5.32 Å². The Morgan fingerprint density at radius 2 is 2.14 bits per heavy atom. The molecule has 0 saturated heterocycles. The van der Waals surface area contributed by atoms with Crippen molar-refractivity contribution >= 4 is 17.7 Å². The molecular weight excluding hydrogens is 304 g/mol. The topological polar surface area (TPSA) is 74.5 Å². The Morgan fingerprint density at radius 1 is 1.27 bits per heavy atom. The fraction of sp³-hybridized carbons (Fsp3) is 0.200. The van der Waals surface area contributed by atoms with E-state index >= 15 is 0 Å². The van der Waals surface area contributed by atoms with E-state index in [4.69, 9.17) is 9.47 Å². The van der Waals surface area contributed by atoms with Crippen LogP contribution in [0.1, 0.15) is 5.56 Å². The van der Waals surface area contributed by atoms with Crippen LogP contribution in [0.15, 0.2) is 47.6 Å². The number of benzene rings is 1. The van der Waals surface area contributed by atoms with Crippen molar-refractivity contribution < 1.29 is 19.0 Å². The van der Waals surface area contributed by atoms with Gasteiger partial charge < -0.3 is 20.0 Å². The standard InChI is InChI=1S/C15H14N2O4S/c18-14(9-22-15-3-1-2-6-17(15)19)16-8-11-4-5-12-13(7-11)21-10-20-12/h1-7H,8-10H2,(H,16,18). The molecule has 1 N–H and O–H groups in total. The van der Waals surface area contributed by atoms with E-state index in [1.165, 1.54) is 18.0 Å². The quantitative estimate of drug-likeness (QED) is 0.513. The highest BCUT2D eigenvalue weighted by molar-refractivity contribution is 7.99. The minimum atomic E-state index is -0.133. The summed E-state index contributed by atoms with van der Waals surface area (Å²) < 4.78 is 11.3. The summed E-state index contributed by atoms with van der Waals surface area (Å²) >= 11 is 1.20. The second-order valence-corrected chi connectivity index (χ2v) is 5.61. The van der Waals surface area contributed by atoms with Crippen molar-refractivity contribution in [2.24, 2.45) is 0 Å². The lowest BCUT2D eigenvalue weighted by Gasteiger charge is -2.06. The van der Waals surface area contributed by atoms with Crippen LogP contribution >= 0.6 is 11.8 Å². The highest BCUT2D eigenvalue weighted by Gasteiger charge is 2.14. The van der Waals surface area contributed by atoms with Crippen molar-refractivity contribution in [1.29, 1.82) is 0 Å². The second-order valence-electron chi connectivity index (χ2n) is 4.62. The van der Waals surface area contributed by atoms with Gasteiger partial charge in [0.25, 0.3) is 5.03 Å². The molecule has 3 rings (SSSR count). The van der Waals surface area contributed by atoms with E-state index in [1.54, 1.807) is 18.2 Å². The van der Waals surface area contributed by atoms with Crippen LogP contribution in [-0.4, -0.2) is 18.5 Å².